The molecule has 0 aliphatic rings. The van der Waals surface area contributed by atoms with Crippen LogP contribution < -0.4 is 10.6 Å². The summed E-state index contributed by atoms with van der Waals surface area (Å²) in [6, 6.07) is 7.15. The van der Waals surface area contributed by atoms with E-state index in [1.165, 1.54) is 0 Å². The molecule has 2 N–H and O–H groups in total. The SMILES string of the molecule is CCCNc1nc(C)cc(Nc2ccc(Cl)cc2Cl)n1. The normalized spacial score (nSPS) is 10.4. The van der Waals surface area contributed by atoms with Gasteiger partial charge in [-0.3, -0.25) is 0 Å². The molecule has 1 aromatic carbocycles. The molecule has 2 rings (SSSR count). The van der Waals surface area contributed by atoms with Gasteiger partial charge in [0, 0.05) is 23.3 Å². The number of halogens is 2. The van der Waals surface area contributed by atoms with Crippen LogP contribution in [0, 0.1) is 6.92 Å². The Morgan fingerprint density at radius 2 is 1.95 bits per heavy atom. The molecule has 0 atom stereocenters. The maximum absolute atomic E-state index is 6.14. The van der Waals surface area contributed by atoms with E-state index in [-0.39, 0.29) is 0 Å². The van der Waals surface area contributed by atoms with Gasteiger partial charge in [-0.25, -0.2) is 4.98 Å². The van der Waals surface area contributed by atoms with E-state index in [0.29, 0.717) is 21.8 Å². The maximum Gasteiger partial charge on any atom is 0.224 e. The Morgan fingerprint density at radius 3 is 2.65 bits per heavy atom. The van der Waals surface area contributed by atoms with Crippen molar-refractivity contribution >= 4 is 40.7 Å². The van der Waals surface area contributed by atoms with Crippen LogP contribution >= 0.6 is 23.2 Å². The summed E-state index contributed by atoms with van der Waals surface area (Å²) < 4.78 is 0. The molecule has 0 aliphatic heterocycles. The average Bonchev–Trinajstić information content (AvgIpc) is 2.39. The van der Waals surface area contributed by atoms with Gasteiger partial charge < -0.3 is 10.6 Å². The second-order valence-corrected chi connectivity index (χ2v) is 5.24. The van der Waals surface area contributed by atoms with Crippen LogP contribution in [0.3, 0.4) is 0 Å². The standard InChI is InChI=1S/C14H16Cl2N4/c1-3-6-17-14-18-9(2)7-13(20-14)19-12-5-4-10(15)8-11(12)16/h4-5,7-8H,3,6H2,1-2H3,(H2,17,18,19,20). The van der Waals surface area contributed by atoms with E-state index in [9.17, 15) is 0 Å². The molecule has 0 amide bonds. The largest absolute Gasteiger partial charge is 0.354 e. The lowest BCUT2D eigenvalue weighted by Crippen LogP contribution is -2.06. The molecule has 106 valence electrons. The third kappa shape index (κ3) is 3.99. The monoisotopic (exact) mass is 310 g/mol. The van der Waals surface area contributed by atoms with Gasteiger partial charge in [0.25, 0.3) is 0 Å². The van der Waals surface area contributed by atoms with E-state index in [2.05, 4.69) is 27.5 Å². The van der Waals surface area contributed by atoms with E-state index in [4.69, 9.17) is 23.2 Å². The molecule has 0 aliphatic carbocycles. The fraction of sp³-hybridized carbons (Fsp3) is 0.286. The minimum absolute atomic E-state index is 0.553. The molecule has 0 unspecified atom stereocenters. The highest BCUT2D eigenvalue weighted by Gasteiger charge is 2.05. The summed E-state index contributed by atoms with van der Waals surface area (Å²) in [4.78, 5) is 8.74. The van der Waals surface area contributed by atoms with Crippen LogP contribution in [-0.4, -0.2) is 16.5 Å². The minimum atomic E-state index is 0.553. The van der Waals surface area contributed by atoms with Crippen molar-refractivity contribution in [1.29, 1.82) is 0 Å². The summed E-state index contributed by atoms with van der Waals surface area (Å²) in [7, 11) is 0. The van der Waals surface area contributed by atoms with Crippen molar-refractivity contribution in [3.8, 4) is 0 Å². The number of benzene rings is 1. The fourth-order valence-electron chi connectivity index (χ4n) is 1.68. The topological polar surface area (TPSA) is 49.8 Å². The predicted molar refractivity (Wildman–Crippen MR) is 85.3 cm³/mol. The number of nitrogens with one attached hydrogen (secondary N) is 2. The number of nitrogens with zero attached hydrogens (tertiary/aromatic N) is 2. The first kappa shape index (κ1) is 14.9. The zero-order valence-electron chi connectivity index (χ0n) is 11.4. The summed E-state index contributed by atoms with van der Waals surface area (Å²) in [5.74, 6) is 1.31. The van der Waals surface area contributed by atoms with E-state index in [1.54, 1.807) is 12.1 Å². The van der Waals surface area contributed by atoms with Crippen LogP contribution in [0.5, 0.6) is 0 Å². The van der Waals surface area contributed by atoms with E-state index >= 15 is 0 Å². The van der Waals surface area contributed by atoms with Crippen molar-refractivity contribution in [1.82, 2.24) is 9.97 Å². The van der Waals surface area contributed by atoms with Crippen molar-refractivity contribution < 1.29 is 0 Å². The minimum Gasteiger partial charge on any atom is -0.354 e. The molecule has 20 heavy (non-hydrogen) atoms. The molecule has 4 nitrogen and oxygen atoms in total. The van der Waals surface area contributed by atoms with E-state index in [0.717, 1.165) is 24.3 Å². The van der Waals surface area contributed by atoms with Gasteiger partial charge in [-0.15, -0.1) is 0 Å². The fourth-order valence-corrected chi connectivity index (χ4v) is 2.13. The third-order valence-electron chi connectivity index (χ3n) is 2.58. The molecule has 1 heterocycles. The van der Waals surface area contributed by atoms with Crippen molar-refractivity contribution in [2.45, 2.75) is 20.3 Å². The van der Waals surface area contributed by atoms with Gasteiger partial charge in [-0.2, -0.15) is 4.98 Å². The quantitative estimate of drug-likeness (QED) is 0.843. The Hall–Kier alpha value is -1.52. The van der Waals surface area contributed by atoms with Crippen LogP contribution in [-0.2, 0) is 0 Å². The number of anilines is 3. The first-order valence-corrected chi connectivity index (χ1v) is 7.15. The highest BCUT2D eigenvalue weighted by molar-refractivity contribution is 6.36. The van der Waals surface area contributed by atoms with Crippen molar-refractivity contribution in [2.75, 3.05) is 17.2 Å². The number of hydrogen-bond donors (Lipinski definition) is 2. The molecule has 0 spiro atoms. The Balaban J connectivity index is 2.21. The Labute approximate surface area is 128 Å². The van der Waals surface area contributed by atoms with Crippen LogP contribution in [0.25, 0.3) is 0 Å². The van der Waals surface area contributed by atoms with Crippen molar-refractivity contribution in [2.24, 2.45) is 0 Å². The molecule has 0 saturated carbocycles. The van der Waals surface area contributed by atoms with E-state index < -0.39 is 0 Å². The smallest absolute Gasteiger partial charge is 0.224 e. The highest BCUT2D eigenvalue weighted by atomic mass is 35.5. The summed E-state index contributed by atoms with van der Waals surface area (Å²) in [5.41, 5.74) is 1.64. The summed E-state index contributed by atoms with van der Waals surface area (Å²) in [6.45, 7) is 4.85. The zero-order valence-corrected chi connectivity index (χ0v) is 12.9. The number of aromatic nitrogens is 2. The molecule has 1 aromatic heterocycles. The van der Waals surface area contributed by atoms with Crippen LogP contribution in [0.2, 0.25) is 10.0 Å². The summed E-state index contributed by atoms with van der Waals surface area (Å²) in [5, 5.41) is 7.50. The predicted octanol–water partition coefficient (Wildman–Crippen LogP) is 4.66. The maximum atomic E-state index is 6.14. The summed E-state index contributed by atoms with van der Waals surface area (Å²) in [6.07, 6.45) is 1.02. The Bertz CT molecular complexity index is 602. The van der Waals surface area contributed by atoms with Gasteiger partial charge in [0.1, 0.15) is 5.82 Å². The molecular formula is C14H16Cl2N4. The van der Waals surface area contributed by atoms with Crippen LogP contribution in [0.1, 0.15) is 19.0 Å². The number of aryl methyl sites for hydroxylation is 1. The van der Waals surface area contributed by atoms with E-state index in [1.807, 2.05) is 19.1 Å². The Morgan fingerprint density at radius 1 is 1.15 bits per heavy atom. The van der Waals surface area contributed by atoms with Crippen LogP contribution in [0.15, 0.2) is 24.3 Å². The first-order valence-electron chi connectivity index (χ1n) is 6.40. The third-order valence-corrected chi connectivity index (χ3v) is 3.13. The van der Waals surface area contributed by atoms with Gasteiger partial charge in [-0.05, 0) is 31.5 Å². The van der Waals surface area contributed by atoms with Crippen LogP contribution in [0.4, 0.5) is 17.5 Å². The Kier molecular flexibility index (Phi) is 5.04. The second-order valence-electron chi connectivity index (χ2n) is 4.39. The van der Waals surface area contributed by atoms with Gasteiger partial charge in [0.05, 0.1) is 10.7 Å². The van der Waals surface area contributed by atoms with Gasteiger partial charge >= 0.3 is 0 Å². The molecular weight excluding hydrogens is 295 g/mol. The van der Waals surface area contributed by atoms with Crippen molar-refractivity contribution in [3.05, 3.63) is 40.0 Å². The lowest BCUT2D eigenvalue weighted by atomic mass is 10.3. The number of hydrogen-bond acceptors (Lipinski definition) is 4. The molecule has 0 fully saturated rings. The summed E-state index contributed by atoms with van der Waals surface area (Å²) >= 11 is 12.0. The average molecular weight is 311 g/mol. The van der Waals surface area contributed by atoms with Crippen molar-refractivity contribution in [3.63, 3.8) is 0 Å². The molecule has 6 heteroatoms. The highest BCUT2D eigenvalue weighted by Crippen LogP contribution is 2.28. The zero-order chi connectivity index (χ0) is 14.5. The molecule has 2 aromatic rings. The molecule has 0 bridgehead atoms. The lowest BCUT2D eigenvalue weighted by molar-refractivity contribution is 0.947. The first-order chi connectivity index (χ1) is 9.58. The second kappa shape index (κ2) is 6.77. The lowest BCUT2D eigenvalue weighted by Gasteiger charge is -2.10. The van der Waals surface area contributed by atoms with Gasteiger partial charge in [0.2, 0.25) is 5.95 Å². The van der Waals surface area contributed by atoms with Gasteiger partial charge in [-0.1, -0.05) is 30.1 Å². The molecule has 0 radical (unpaired) electrons. The number of rotatable bonds is 5. The molecule has 0 saturated heterocycles. The van der Waals surface area contributed by atoms with Gasteiger partial charge in [0.15, 0.2) is 0 Å².